The number of aliphatic hydroxyl groups is 5. The summed E-state index contributed by atoms with van der Waals surface area (Å²) in [6.07, 6.45) is 57.3. The first-order chi connectivity index (χ1) is 37.2. The lowest BCUT2D eigenvalue weighted by molar-refractivity contribution is -0.302. The average molecular weight is 1080 g/mol. The maximum atomic E-state index is 13.0. The molecule has 7 atom stereocenters. The average Bonchev–Trinajstić information content (AvgIpc) is 3.42. The minimum Gasteiger partial charge on any atom is -0.466 e. The molecule has 7 unspecified atom stereocenters. The number of esters is 1. The number of hydrogen-bond acceptors (Lipinski definition) is 10. The minimum absolute atomic E-state index is 0.00373. The van der Waals surface area contributed by atoms with Crippen LogP contribution in [0.3, 0.4) is 0 Å². The highest BCUT2D eigenvalue weighted by Crippen LogP contribution is 2.23. The molecule has 1 saturated heterocycles. The summed E-state index contributed by atoms with van der Waals surface area (Å²) in [6, 6.07) is -0.809. The van der Waals surface area contributed by atoms with Crippen LogP contribution >= 0.6 is 0 Å². The second-order valence-electron chi connectivity index (χ2n) is 22.8. The Morgan fingerprint density at radius 2 is 0.842 bits per heavy atom. The molecule has 1 aliphatic rings. The van der Waals surface area contributed by atoms with Gasteiger partial charge in [-0.15, -0.1) is 0 Å². The maximum Gasteiger partial charge on any atom is 0.305 e. The van der Waals surface area contributed by atoms with E-state index in [-0.39, 0.29) is 18.5 Å². The van der Waals surface area contributed by atoms with E-state index in [4.69, 9.17) is 14.2 Å². The molecule has 0 aromatic rings. The summed E-state index contributed by atoms with van der Waals surface area (Å²) >= 11 is 0. The van der Waals surface area contributed by atoms with Crippen LogP contribution in [0.15, 0.2) is 24.3 Å². The number of allylic oxidation sites excluding steroid dienone is 3. The Bertz CT molecular complexity index is 1310. The quantitative estimate of drug-likeness (QED) is 0.0195. The molecule has 0 bridgehead atoms. The summed E-state index contributed by atoms with van der Waals surface area (Å²) in [5.74, 6) is -0.188. The summed E-state index contributed by atoms with van der Waals surface area (Å²) in [4.78, 5) is 25.1. The summed E-state index contributed by atoms with van der Waals surface area (Å²) in [5, 5.41) is 54.2. The van der Waals surface area contributed by atoms with Gasteiger partial charge in [-0.05, 0) is 57.8 Å². The van der Waals surface area contributed by atoms with E-state index in [1.165, 1.54) is 231 Å². The molecule has 0 radical (unpaired) electrons. The zero-order valence-electron chi connectivity index (χ0n) is 49.5. The third-order valence-electron chi connectivity index (χ3n) is 15.6. The molecular formula is C65H123NO10. The van der Waals surface area contributed by atoms with Gasteiger partial charge in [-0.1, -0.05) is 269 Å². The highest BCUT2D eigenvalue weighted by Gasteiger charge is 2.44. The van der Waals surface area contributed by atoms with Gasteiger partial charge in [0.1, 0.15) is 24.4 Å². The van der Waals surface area contributed by atoms with Crippen LogP contribution in [0.4, 0.5) is 0 Å². The lowest BCUT2D eigenvalue weighted by atomic mass is 9.99. The third-order valence-corrected chi connectivity index (χ3v) is 15.6. The number of unbranched alkanes of at least 4 members (excludes halogenated alkanes) is 41. The summed E-state index contributed by atoms with van der Waals surface area (Å²) in [5.41, 5.74) is 0. The second kappa shape index (κ2) is 55.1. The fourth-order valence-corrected chi connectivity index (χ4v) is 10.4. The molecule has 0 aromatic carbocycles. The van der Waals surface area contributed by atoms with E-state index in [2.05, 4.69) is 31.3 Å². The molecule has 6 N–H and O–H groups in total. The Labute approximate surface area is 467 Å². The van der Waals surface area contributed by atoms with E-state index in [1.807, 2.05) is 6.08 Å². The van der Waals surface area contributed by atoms with E-state index in [9.17, 15) is 35.1 Å². The molecule has 11 nitrogen and oxygen atoms in total. The zero-order chi connectivity index (χ0) is 55.2. The predicted molar refractivity (Wildman–Crippen MR) is 315 cm³/mol. The van der Waals surface area contributed by atoms with Crippen LogP contribution in [0.5, 0.6) is 0 Å². The van der Waals surface area contributed by atoms with Gasteiger partial charge in [0.25, 0.3) is 0 Å². The molecule has 0 saturated carbocycles. The monoisotopic (exact) mass is 1080 g/mol. The van der Waals surface area contributed by atoms with Crippen molar-refractivity contribution in [1.29, 1.82) is 0 Å². The largest absolute Gasteiger partial charge is 0.466 e. The van der Waals surface area contributed by atoms with Gasteiger partial charge < -0.3 is 45.1 Å². The molecule has 0 aliphatic carbocycles. The van der Waals surface area contributed by atoms with E-state index >= 15 is 0 Å². The van der Waals surface area contributed by atoms with E-state index in [1.54, 1.807) is 6.08 Å². The Balaban J connectivity index is 1.95. The SMILES string of the molecule is CCCCCCCCC/C=C\CCCCCCCCCC(=O)OCCCCCCCCCCCCCCCCCCCCCCCC(=O)NC(COC1OC(CO)C(O)C(O)C1O)C(O)/C=C/CCCCCCCCC. The Hall–Kier alpha value is -1.86. The number of nitrogens with one attached hydrogen (secondary N) is 1. The van der Waals surface area contributed by atoms with Crippen LogP contribution in [0.2, 0.25) is 0 Å². The molecule has 1 rings (SSSR count). The van der Waals surface area contributed by atoms with Gasteiger partial charge in [0, 0.05) is 12.8 Å². The van der Waals surface area contributed by atoms with Crippen molar-refractivity contribution < 1.29 is 49.3 Å². The van der Waals surface area contributed by atoms with Crippen LogP contribution in [0.25, 0.3) is 0 Å². The lowest BCUT2D eigenvalue weighted by Gasteiger charge is -2.40. The first-order valence-corrected chi connectivity index (χ1v) is 32.6. The molecule has 1 heterocycles. The smallest absolute Gasteiger partial charge is 0.305 e. The predicted octanol–water partition coefficient (Wildman–Crippen LogP) is 15.7. The van der Waals surface area contributed by atoms with E-state index in [0.717, 1.165) is 57.8 Å². The number of aliphatic hydroxyl groups excluding tert-OH is 5. The van der Waals surface area contributed by atoms with Crippen molar-refractivity contribution in [3.63, 3.8) is 0 Å². The highest BCUT2D eigenvalue weighted by molar-refractivity contribution is 5.76. The van der Waals surface area contributed by atoms with Crippen molar-refractivity contribution in [3.05, 3.63) is 24.3 Å². The van der Waals surface area contributed by atoms with E-state index in [0.29, 0.717) is 19.4 Å². The Morgan fingerprint density at radius 3 is 1.26 bits per heavy atom. The molecule has 11 heteroatoms. The number of rotatable bonds is 57. The molecular weight excluding hydrogens is 955 g/mol. The number of ether oxygens (including phenoxy) is 3. The first kappa shape index (κ1) is 72.2. The molecule has 448 valence electrons. The van der Waals surface area contributed by atoms with Gasteiger partial charge in [0.15, 0.2) is 6.29 Å². The van der Waals surface area contributed by atoms with Gasteiger partial charge >= 0.3 is 5.97 Å². The molecule has 1 amide bonds. The zero-order valence-corrected chi connectivity index (χ0v) is 49.5. The van der Waals surface area contributed by atoms with Gasteiger partial charge in [-0.3, -0.25) is 9.59 Å². The molecule has 76 heavy (non-hydrogen) atoms. The third kappa shape index (κ3) is 44.0. The van der Waals surface area contributed by atoms with Crippen molar-refractivity contribution >= 4 is 11.9 Å². The molecule has 0 spiro atoms. The second-order valence-corrected chi connectivity index (χ2v) is 22.8. The molecule has 0 aromatic heterocycles. The molecule has 1 aliphatic heterocycles. The number of carbonyl (C=O) groups is 2. The lowest BCUT2D eigenvalue weighted by Crippen LogP contribution is -2.60. The Kier molecular flexibility index (Phi) is 52.3. The van der Waals surface area contributed by atoms with Crippen molar-refractivity contribution in [2.24, 2.45) is 0 Å². The maximum absolute atomic E-state index is 13.0. The summed E-state index contributed by atoms with van der Waals surface area (Å²) < 4.78 is 16.7. The van der Waals surface area contributed by atoms with Gasteiger partial charge in [-0.2, -0.15) is 0 Å². The summed E-state index contributed by atoms with van der Waals surface area (Å²) in [6.45, 7) is 4.33. The molecule has 1 fully saturated rings. The normalized spacial score (nSPS) is 18.8. The van der Waals surface area contributed by atoms with Gasteiger partial charge in [0.2, 0.25) is 5.91 Å². The van der Waals surface area contributed by atoms with Gasteiger partial charge in [-0.25, -0.2) is 0 Å². The minimum atomic E-state index is -1.57. The van der Waals surface area contributed by atoms with Crippen molar-refractivity contribution in [3.8, 4) is 0 Å². The van der Waals surface area contributed by atoms with Crippen LogP contribution in [-0.2, 0) is 23.8 Å². The highest BCUT2D eigenvalue weighted by atomic mass is 16.7. The number of carbonyl (C=O) groups excluding carboxylic acids is 2. The van der Waals surface area contributed by atoms with Crippen LogP contribution in [-0.4, -0.2) is 100 Å². The standard InChI is InChI=1S/C65H123NO10/c1-3-5-7-9-11-13-14-15-16-17-24-27-30-33-37-41-45-49-53-61(70)74-54-50-46-42-38-34-31-28-25-22-20-18-19-21-23-26-29-32-36-40-44-48-52-60(69)66-57(58(68)51-47-43-39-35-12-10-8-6-4-2)56-75-65-64(73)63(72)62(71)59(55-67)76-65/h16-17,47,51,57-59,62-65,67-68,71-73H,3-15,18-46,48-50,52-56H2,1-2H3,(H,66,69)/b17-16-,51-47+. The van der Waals surface area contributed by atoms with Crippen LogP contribution in [0.1, 0.15) is 316 Å². The topological polar surface area (TPSA) is 175 Å². The van der Waals surface area contributed by atoms with Crippen molar-refractivity contribution in [2.75, 3.05) is 19.8 Å². The van der Waals surface area contributed by atoms with Crippen molar-refractivity contribution in [2.45, 2.75) is 358 Å². The first-order valence-electron chi connectivity index (χ1n) is 32.6. The van der Waals surface area contributed by atoms with Crippen molar-refractivity contribution in [1.82, 2.24) is 5.32 Å². The number of amides is 1. The fourth-order valence-electron chi connectivity index (χ4n) is 10.4. The summed E-state index contributed by atoms with van der Waals surface area (Å²) in [7, 11) is 0. The number of hydrogen-bond donors (Lipinski definition) is 6. The van der Waals surface area contributed by atoms with Crippen LogP contribution < -0.4 is 5.32 Å². The van der Waals surface area contributed by atoms with E-state index < -0.39 is 49.5 Å². The van der Waals surface area contributed by atoms with Crippen LogP contribution in [0, 0.1) is 0 Å². The fraction of sp³-hybridized carbons (Fsp3) is 0.908. The van der Waals surface area contributed by atoms with Gasteiger partial charge in [0.05, 0.1) is 32.0 Å². The Morgan fingerprint density at radius 1 is 0.474 bits per heavy atom.